The predicted molar refractivity (Wildman–Crippen MR) is 197 cm³/mol. The Balaban J connectivity index is 1.47. The minimum absolute atomic E-state index is 0.0568. The van der Waals surface area contributed by atoms with E-state index in [2.05, 4.69) is 78.5 Å². The Hall–Kier alpha value is -4.17. The molecular weight excluding hydrogens is 610 g/mol. The number of piperazine rings is 1. The van der Waals surface area contributed by atoms with Gasteiger partial charge in [0.1, 0.15) is 5.75 Å². The van der Waals surface area contributed by atoms with Gasteiger partial charge in [0.2, 0.25) is 0 Å². The van der Waals surface area contributed by atoms with Crippen LogP contribution in [0.25, 0.3) is 33.8 Å². The number of rotatable bonds is 11. The molecular formula is C41H51N5O3. The van der Waals surface area contributed by atoms with E-state index in [1.165, 1.54) is 16.6 Å². The van der Waals surface area contributed by atoms with Crippen LogP contribution in [0.3, 0.4) is 0 Å². The third-order valence-corrected chi connectivity index (χ3v) is 11.3. The number of aromatic nitrogens is 3. The van der Waals surface area contributed by atoms with Gasteiger partial charge in [0.25, 0.3) is 5.91 Å². The van der Waals surface area contributed by atoms with E-state index in [1.54, 1.807) is 14.0 Å². The van der Waals surface area contributed by atoms with Crippen LogP contribution in [0.4, 0.5) is 0 Å². The number of ketones is 1. The molecule has 2 saturated heterocycles. The van der Waals surface area contributed by atoms with Gasteiger partial charge in [-0.25, -0.2) is 0 Å². The lowest BCUT2D eigenvalue weighted by Gasteiger charge is -2.33. The van der Waals surface area contributed by atoms with Crippen molar-refractivity contribution >= 4 is 34.2 Å². The van der Waals surface area contributed by atoms with Crippen LogP contribution in [0.5, 0.6) is 5.75 Å². The molecule has 2 aromatic heterocycles. The van der Waals surface area contributed by atoms with Gasteiger partial charge < -0.3 is 14.2 Å². The van der Waals surface area contributed by atoms with Crippen molar-refractivity contribution in [1.29, 1.82) is 0 Å². The van der Waals surface area contributed by atoms with Crippen LogP contribution in [-0.2, 0) is 13.1 Å². The third kappa shape index (κ3) is 5.52. The highest BCUT2D eigenvalue weighted by atomic mass is 16.5. The molecule has 3 aliphatic rings. The van der Waals surface area contributed by atoms with Crippen molar-refractivity contribution in [2.45, 2.75) is 105 Å². The maximum Gasteiger partial charge on any atom is 0.258 e. The van der Waals surface area contributed by atoms with Gasteiger partial charge in [-0.1, -0.05) is 45.7 Å². The summed E-state index contributed by atoms with van der Waals surface area (Å²) in [7, 11) is 1.71. The van der Waals surface area contributed by atoms with Crippen LogP contribution in [0.2, 0.25) is 0 Å². The molecule has 0 saturated carbocycles. The van der Waals surface area contributed by atoms with Crippen molar-refractivity contribution in [1.82, 2.24) is 24.1 Å². The van der Waals surface area contributed by atoms with E-state index in [0.29, 0.717) is 36.2 Å². The molecule has 2 atom stereocenters. The Morgan fingerprint density at radius 3 is 2.37 bits per heavy atom. The lowest BCUT2D eigenvalue weighted by Crippen LogP contribution is -2.48. The zero-order valence-corrected chi connectivity index (χ0v) is 30.3. The van der Waals surface area contributed by atoms with Crippen molar-refractivity contribution in [2.75, 3.05) is 26.7 Å². The van der Waals surface area contributed by atoms with E-state index < -0.39 is 0 Å². The molecule has 258 valence electrons. The Labute approximate surface area is 290 Å². The quantitative estimate of drug-likeness (QED) is 0.152. The first-order chi connectivity index (χ1) is 23.7. The molecule has 8 heteroatoms. The Bertz CT molecular complexity index is 1960. The normalized spacial score (nSPS) is 18.6. The van der Waals surface area contributed by atoms with E-state index >= 15 is 0 Å². The highest BCUT2D eigenvalue weighted by Crippen LogP contribution is 2.47. The third-order valence-electron chi connectivity index (χ3n) is 11.3. The Morgan fingerprint density at radius 1 is 0.959 bits per heavy atom. The first-order valence-electron chi connectivity index (χ1n) is 18.4. The number of aryl methyl sites for hydroxylation is 2. The fourth-order valence-corrected chi connectivity index (χ4v) is 9.06. The van der Waals surface area contributed by atoms with Crippen LogP contribution in [-0.4, -0.2) is 74.7 Å². The lowest BCUT2D eigenvalue weighted by molar-refractivity contribution is 0.0629. The van der Waals surface area contributed by atoms with Crippen molar-refractivity contribution in [3.63, 3.8) is 0 Å². The molecule has 49 heavy (non-hydrogen) atoms. The summed E-state index contributed by atoms with van der Waals surface area (Å²) in [6.07, 6.45) is 7.68. The highest BCUT2D eigenvalue weighted by molar-refractivity contribution is 6.05. The lowest BCUT2D eigenvalue weighted by atomic mass is 9.85. The first kappa shape index (κ1) is 33.3. The SMILES string of the molecule is CCCC(CCC)c1c2n(c3cc(C(C)=O)ccc13)CC(c1c(C(=O)N3C[C@@H]4C[C@H]3CN4CC)c(C)nn1CC)=Cc1cc(OC)ccc1-2. The number of methoxy groups -OCH3 is 1. The molecule has 2 fully saturated rings. The molecule has 8 nitrogen and oxygen atoms in total. The Morgan fingerprint density at radius 2 is 1.73 bits per heavy atom. The number of carbonyl (C=O) groups is 2. The van der Waals surface area contributed by atoms with E-state index in [1.807, 2.05) is 17.7 Å². The second-order valence-corrected chi connectivity index (χ2v) is 14.2. The number of Topliss-reactive ketones (excluding diaryl/α,β-unsaturated/α-hetero) is 1. The molecule has 2 bridgehead atoms. The van der Waals surface area contributed by atoms with E-state index in [0.717, 1.165) is 91.1 Å². The number of carbonyl (C=O) groups excluding carboxylic acids is 2. The number of hydrogen-bond acceptors (Lipinski definition) is 5. The summed E-state index contributed by atoms with van der Waals surface area (Å²) >= 11 is 0. The summed E-state index contributed by atoms with van der Waals surface area (Å²) in [4.78, 5) is 32.0. The van der Waals surface area contributed by atoms with Gasteiger partial charge in [0, 0.05) is 53.7 Å². The van der Waals surface area contributed by atoms with Crippen molar-refractivity contribution in [3.05, 3.63) is 70.0 Å². The average molecular weight is 662 g/mol. The minimum Gasteiger partial charge on any atom is -0.497 e. The van der Waals surface area contributed by atoms with Crippen LogP contribution >= 0.6 is 0 Å². The molecule has 0 spiro atoms. The van der Waals surface area contributed by atoms with Gasteiger partial charge in [-0.05, 0) is 99.5 Å². The van der Waals surface area contributed by atoms with Crippen molar-refractivity contribution in [2.24, 2.45) is 0 Å². The summed E-state index contributed by atoms with van der Waals surface area (Å²) in [5.74, 6) is 1.32. The van der Waals surface area contributed by atoms with Crippen LogP contribution < -0.4 is 4.74 Å². The minimum atomic E-state index is 0.0568. The molecule has 5 heterocycles. The maximum absolute atomic E-state index is 14.7. The van der Waals surface area contributed by atoms with Gasteiger partial charge in [-0.3, -0.25) is 19.2 Å². The fourth-order valence-electron chi connectivity index (χ4n) is 9.06. The number of likely N-dealkylation sites (tertiary alicyclic amines) is 2. The molecule has 0 unspecified atom stereocenters. The van der Waals surface area contributed by atoms with Gasteiger partial charge in [-0.15, -0.1) is 0 Å². The highest BCUT2D eigenvalue weighted by Gasteiger charge is 2.46. The number of benzene rings is 2. The van der Waals surface area contributed by atoms with Crippen LogP contribution in [0, 0.1) is 6.92 Å². The number of allylic oxidation sites excluding steroid dienone is 1. The number of hydrogen-bond donors (Lipinski definition) is 0. The average Bonchev–Trinajstić information content (AvgIpc) is 3.85. The van der Waals surface area contributed by atoms with Crippen molar-refractivity contribution < 1.29 is 14.3 Å². The summed E-state index contributed by atoms with van der Waals surface area (Å²) in [5.41, 5.74) is 9.97. The predicted octanol–water partition coefficient (Wildman–Crippen LogP) is 8.20. The van der Waals surface area contributed by atoms with Crippen LogP contribution in [0.1, 0.15) is 116 Å². The van der Waals surface area contributed by atoms with Gasteiger partial charge >= 0.3 is 0 Å². The fraction of sp³-hybridized carbons (Fsp3) is 0.488. The summed E-state index contributed by atoms with van der Waals surface area (Å²) in [6.45, 7) is 16.4. The summed E-state index contributed by atoms with van der Waals surface area (Å²) in [6, 6.07) is 13.3. The number of likely N-dealkylation sites (N-methyl/N-ethyl adjacent to an activating group) is 1. The topological polar surface area (TPSA) is 72.6 Å². The van der Waals surface area contributed by atoms with E-state index in [9.17, 15) is 9.59 Å². The van der Waals surface area contributed by atoms with Gasteiger partial charge in [0.05, 0.1) is 36.3 Å². The first-order valence-corrected chi connectivity index (χ1v) is 18.4. The van der Waals surface area contributed by atoms with Crippen LogP contribution in [0.15, 0.2) is 36.4 Å². The molecule has 0 radical (unpaired) electrons. The zero-order valence-electron chi connectivity index (χ0n) is 30.3. The molecule has 1 amide bonds. The number of nitrogens with zero attached hydrogens (tertiary/aromatic N) is 5. The Kier molecular flexibility index (Phi) is 9.03. The number of fused-ring (bicyclic) bond motifs is 7. The largest absolute Gasteiger partial charge is 0.497 e. The molecule has 7 rings (SSSR count). The van der Waals surface area contributed by atoms with Gasteiger partial charge in [-0.2, -0.15) is 5.10 Å². The zero-order chi connectivity index (χ0) is 34.6. The number of amides is 1. The molecule has 0 aliphatic carbocycles. The number of ether oxygens (including phenoxy) is 1. The molecule has 3 aliphatic heterocycles. The van der Waals surface area contributed by atoms with Crippen molar-refractivity contribution in [3.8, 4) is 17.0 Å². The molecule has 2 aromatic carbocycles. The monoisotopic (exact) mass is 661 g/mol. The van der Waals surface area contributed by atoms with E-state index in [-0.39, 0.29) is 17.7 Å². The second kappa shape index (κ2) is 13.3. The summed E-state index contributed by atoms with van der Waals surface area (Å²) < 4.78 is 10.2. The standard InChI is InChI=1S/C41H51N5O3/c1-8-12-27(13-9-2)38-35-16-14-28(26(6)47)20-36(35)45-22-30(18-29-19-33(49-7)15-17-34(29)40(38)45)39-37(25(5)42-46(39)11-4)41(48)44-24-31-21-32(44)23-43(31)10-3/h14-20,27,31-32H,8-13,21-24H2,1-7H3/t31-,32-/m0/s1. The van der Waals surface area contributed by atoms with Gasteiger partial charge in [0.15, 0.2) is 5.78 Å². The second-order valence-electron chi connectivity index (χ2n) is 14.2. The van der Waals surface area contributed by atoms with E-state index in [4.69, 9.17) is 9.84 Å². The summed E-state index contributed by atoms with van der Waals surface area (Å²) in [5, 5.41) is 6.20. The molecule has 0 N–H and O–H groups in total. The molecule has 4 aromatic rings. The smallest absolute Gasteiger partial charge is 0.258 e. The maximum atomic E-state index is 14.7.